The van der Waals surface area contributed by atoms with E-state index in [4.69, 9.17) is 10.4 Å². The van der Waals surface area contributed by atoms with Crippen molar-refractivity contribution in [2.75, 3.05) is 0 Å². The van der Waals surface area contributed by atoms with Gasteiger partial charge in [0.1, 0.15) is 0 Å². The second-order valence-corrected chi connectivity index (χ2v) is 16.2. The Morgan fingerprint density at radius 2 is 1.03 bits per heavy atom. The summed E-state index contributed by atoms with van der Waals surface area (Å²) >= 11 is 0. The van der Waals surface area contributed by atoms with Crippen LogP contribution in [0.3, 0.4) is 0 Å². The van der Waals surface area contributed by atoms with Gasteiger partial charge in [0, 0.05) is 40.7 Å². The standard InChI is InChI=1S/C43H27N3.C15H13N3/c1-26-21-28(23-29(22-26)35-25-40-42(46-20-19-44-40)34-12-8-18-45-41(34)35)27-16-17-33-32-11-4-7-15-38(32)43(39(33)24-27)36-13-5-2-9-30(36)31-10-3-6-14-37(31)43;1-17-15(13-10-6-3-7-11-13)18-14(16)12-8-4-2-5-9-12/h2-25H,1H3;2-11,16H,1H2. The van der Waals surface area contributed by atoms with Gasteiger partial charge >= 0.3 is 0 Å². The van der Waals surface area contributed by atoms with Crippen molar-refractivity contribution >= 4 is 40.3 Å². The Kier molecular flexibility index (Phi) is 9.47. The fourth-order valence-electron chi connectivity index (χ4n) is 9.82. The number of aryl methyl sites for hydroxylation is 1. The van der Waals surface area contributed by atoms with Crippen molar-refractivity contribution in [2.45, 2.75) is 12.3 Å². The number of nitrogens with zero attached hydrogens (tertiary/aromatic N) is 5. The van der Waals surface area contributed by atoms with Crippen molar-refractivity contribution in [1.29, 1.82) is 5.41 Å². The van der Waals surface area contributed by atoms with E-state index in [2.05, 4.69) is 155 Å². The maximum atomic E-state index is 7.94. The molecular formula is C58H40N6. The van der Waals surface area contributed by atoms with Crippen molar-refractivity contribution in [3.8, 4) is 44.5 Å². The van der Waals surface area contributed by atoms with E-state index in [-0.39, 0.29) is 11.3 Å². The summed E-state index contributed by atoms with van der Waals surface area (Å²) in [7, 11) is 0. The first-order valence-electron chi connectivity index (χ1n) is 21.3. The third-order valence-corrected chi connectivity index (χ3v) is 12.5. The minimum Gasteiger partial charge on any atom is -0.282 e. The molecule has 302 valence electrons. The predicted molar refractivity (Wildman–Crippen MR) is 263 cm³/mol. The normalized spacial score (nSPS) is 12.8. The fraction of sp³-hybridized carbons (Fsp3) is 0.0345. The van der Waals surface area contributed by atoms with Crippen LogP contribution in [0.5, 0.6) is 0 Å². The van der Waals surface area contributed by atoms with Gasteiger partial charge in [-0.3, -0.25) is 20.4 Å². The summed E-state index contributed by atoms with van der Waals surface area (Å²) in [5.41, 5.74) is 20.4. The summed E-state index contributed by atoms with van der Waals surface area (Å²) < 4.78 is 0. The van der Waals surface area contributed by atoms with Crippen molar-refractivity contribution in [3.63, 3.8) is 0 Å². The maximum Gasteiger partial charge on any atom is 0.161 e. The number of benzene rings is 8. The number of aromatic nitrogens is 3. The highest BCUT2D eigenvalue weighted by Crippen LogP contribution is 2.63. The predicted octanol–water partition coefficient (Wildman–Crippen LogP) is 13.3. The molecule has 2 heterocycles. The second-order valence-electron chi connectivity index (χ2n) is 16.2. The van der Waals surface area contributed by atoms with E-state index >= 15 is 0 Å². The Labute approximate surface area is 371 Å². The van der Waals surface area contributed by atoms with E-state index in [0.29, 0.717) is 5.84 Å². The lowest BCUT2D eigenvalue weighted by Gasteiger charge is -2.30. The lowest BCUT2D eigenvalue weighted by molar-refractivity contribution is 0.794. The van der Waals surface area contributed by atoms with Gasteiger partial charge in [-0.2, -0.15) is 0 Å². The second kappa shape index (κ2) is 15.8. The van der Waals surface area contributed by atoms with Crippen LogP contribution in [0.2, 0.25) is 0 Å². The van der Waals surface area contributed by atoms with Crippen LogP contribution in [0.1, 0.15) is 38.9 Å². The highest BCUT2D eigenvalue weighted by atomic mass is 14.9. The molecule has 12 rings (SSSR count). The Bertz CT molecular complexity index is 3440. The van der Waals surface area contributed by atoms with Gasteiger partial charge in [0.2, 0.25) is 0 Å². The minimum absolute atomic E-state index is 0.182. The molecule has 0 aliphatic heterocycles. The van der Waals surface area contributed by atoms with E-state index < -0.39 is 0 Å². The van der Waals surface area contributed by atoms with Gasteiger partial charge in [-0.25, -0.2) is 9.98 Å². The molecule has 0 atom stereocenters. The molecule has 10 aromatic rings. The van der Waals surface area contributed by atoms with Gasteiger partial charge in [0.15, 0.2) is 11.7 Å². The first-order valence-corrected chi connectivity index (χ1v) is 21.3. The van der Waals surface area contributed by atoms with Crippen LogP contribution in [0.15, 0.2) is 217 Å². The Morgan fingerprint density at radius 1 is 0.469 bits per heavy atom. The molecule has 6 nitrogen and oxygen atoms in total. The fourth-order valence-corrected chi connectivity index (χ4v) is 9.82. The van der Waals surface area contributed by atoms with Crippen LogP contribution in [-0.2, 0) is 5.41 Å². The third-order valence-electron chi connectivity index (χ3n) is 12.5. The van der Waals surface area contributed by atoms with Gasteiger partial charge in [0.25, 0.3) is 0 Å². The van der Waals surface area contributed by atoms with E-state index in [1.54, 1.807) is 12.4 Å². The molecule has 0 fully saturated rings. The molecule has 1 spiro atoms. The average Bonchev–Trinajstić information content (AvgIpc) is 3.83. The van der Waals surface area contributed by atoms with Crippen LogP contribution in [0, 0.1) is 12.3 Å². The van der Waals surface area contributed by atoms with Gasteiger partial charge in [0.05, 0.1) is 22.0 Å². The van der Waals surface area contributed by atoms with Crippen molar-refractivity contribution in [3.05, 3.63) is 246 Å². The summed E-state index contributed by atoms with van der Waals surface area (Å²) in [6.45, 7) is 5.68. The average molecular weight is 821 g/mol. The first kappa shape index (κ1) is 38.4. The molecule has 0 saturated heterocycles. The van der Waals surface area contributed by atoms with Crippen molar-refractivity contribution in [2.24, 2.45) is 9.98 Å². The Balaban J connectivity index is 0.000000214. The largest absolute Gasteiger partial charge is 0.282 e. The van der Waals surface area contributed by atoms with Gasteiger partial charge < -0.3 is 0 Å². The summed E-state index contributed by atoms with van der Waals surface area (Å²) in [6.07, 6.45) is 5.37. The summed E-state index contributed by atoms with van der Waals surface area (Å²) in [5, 5.41) is 8.95. The molecule has 0 bridgehead atoms. The molecule has 64 heavy (non-hydrogen) atoms. The van der Waals surface area contributed by atoms with Crippen LogP contribution in [0.4, 0.5) is 0 Å². The Hall–Kier alpha value is -8.48. The zero-order valence-electron chi connectivity index (χ0n) is 35.1. The van der Waals surface area contributed by atoms with Crippen LogP contribution in [-0.4, -0.2) is 33.3 Å². The first-order chi connectivity index (χ1) is 31.5. The summed E-state index contributed by atoms with van der Waals surface area (Å²) in [6, 6.07) is 65.9. The van der Waals surface area contributed by atoms with Gasteiger partial charge in [-0.1, -0.05) is 158 Å². The lowest BCUT2D eigenvalue weighted by Crippen LogP contribution is -2.25. The third kappa shape index (κ3) is 6.26. The van der Waals surface area contributed by atoms with Crippen LogP contribution >= 0.6 is 0 Å². The highest BCUT2D eigenvalue weighted by Gasteiger charge is 2.51. The van der Waals surface area contributed by atoms with Gasteiger partial charge in [-0.15, -0.1) is 0 Å². The van der Waals surface area contributed by atoms with E-state index in [1.807, 2.05) is 72.9 Å². The number of aliphatic imine (C=N–C) groups is 2. The van der Waals surface area contributed by atoms with Crippen LogP contribution < -0.4 is 0 Å². The number of hydrogen-bond acceptors (Lipinski definition) is 4. The summed E-state index contributed by atoms with van der Waals surface area (Å²) in [4.78, 5) is 22.2. The number of nitrogens with one attached hydrogen (secondary N) is 1. The molecule has 2 aromatic heterocycles. The molecule has 0 radical (unpaired) electrons. The zero-order valence-corrected chi connectivity index (χ0v) is 35.1. The molecule has 0 unspecified atom stereocenters. The molecule has 2 aliphatic rings. The zero-order chi connectivity index (χ0) is 43.2. The molecular weight excluding hydrogens is 781 g/mol. The number of rotatable bonds is 4. The van der Waals surface area contributed by atoms with Crippen LogP contribution in [0.25, 0.3) is 66.4 Å². The number of fused-ring (bicyclic) bond motifs is 13. The van der Waals surface area contributed by atoms with Gasteiger partial charge in [-0.05, 0) is 111 Å². The smallest absolute Gasteiger partial charge is 0.161 e. The van der Waals surface area contributed by atoms with Crippen molar-refractivity contribution in [1.82, 2.24) is 15.0 Å². The molecule has 1 N–H and O–H groups in total. The number of pyridine rings is 1. The minimum atomic E-state index is -0.362. The van der Waals surface area contributed by atoms with Crippen molar-refractivity contribution < 1.29 is 0 Å². The SMILES string of the molecule is C=NC(=NC(=N)c1ccccc1)c1ccccc1.Cc1cc(-c2ccc3c(c2)C2(c4ccccc4-c4ccccc42)c2ccccc2-3)cc(-c2cc3nccnc3c3cccnc23)c1. The number of amidine groups is 2. The number of hydrogen-bond donors (Lipinski definition) is 1. The van der Waals surface area contributed by atoms with E-state index in [9.17, 15) is 0 Å². The molecule has 8 aromatic carbocycles. The molecule has 2 aliphatic carbocycles. The summed E-state index contributed by atoms with van der Waals surface area (Å²) in [5.74, 6) is 0.645. The van der Waals surface area contributed by atoms with E-state index in [0.717, 1.165) is 44.2 Å². The monoisotopic (exact) mass is 820 g/mol. The maximum absolute atomic E-state index is 7.94. The highest BCUT2D eigenvalue weighted by molar-refractivity contribution is 6.12. The molecule has 6 heteroatoms. The Morgan fingerprint density at radius 3 is 1.69 bits per heavy atom. The molecule has 0 saturated carbocycles. The topological polar surface area (TPSA) is 87.2 Å². The molecule has 0 amide bonds. The lowest BCUT2D eigenvalue weighted by atomic mass is 9.70. The quantitative estimate of drug-likeness (QED) is 0.109. The van der Waals surface area contributed by atoms with E-state index in [1.165, 1.54) is 61.2 Å².